The minimum absolute atomic E-state index is 0.127. The third-order valence-electron chi connectivity index (χ3n) is 7.34. The number of pyridine rings is 1. The number of carbonyl (C=O) groups excluding carboxylic acids is 1. The zero-order chi connectivity index (χ0) is 25.9. The predicted molar refractivity (Wildman–Crippen MR) is 119 cm³/mol. The molecule has 3 heterocycles. The van der Waals surface area contributed by atoms with E-state index in [1.165, 1.54) is 28.0 Å². The topological polar surface area (TPSA) is 58.1 Å². The average molecular weight is 512 g/mol. The van der Waals surface area contributed by atoms with Gasteiger partial charge in [-0.05, 0) is 56.8 Å². The van der Waals surface area contributed by atoms with E-state index in [-0.39, 0.29) is 37.9 Å². The van der Waals surface area contributed by atoms with Crippen molar-refractivity contribution in [2.75, 3.05) is 45.3 Å². The Labute approximate surface area is 204 Å². The molecule has 0 radical (unpaired) electrons. The molecule has 2 amide bonds. The lowest BCUT2D eigenvalue weighted by molar-refractivity contribution is -0.274. The molecule has 1 aliphatic carbocycles. The number of urea groups is 1. The summed E-state index contributed by atoms with van der Waals surface area (Å²) in [6.07, 6.45) is -3.17. The fraction of sp³-hybridized carbons (Fsp3) is 0.500. The van der Waals surface area contributed by atoms with Gasteiger partial charge in [-0.25, -0.2) is 18.6 Å². The van der Waals surface area contributed by atoms with E-state index in [9.17, 15) is 22.4 Å². The number of carbonyl (C=O) groups is 1. The first-order valence-corrected chi connectivity index (χ1v) is 11.4. The molecule has 3 fully saturated rings. The largest absolute Gasteiger partial charge is 0.573 e. The van der Waals surface area contributed by atoms with E-state index in [2.05, 4.69) is 9.72 Å². The van der Waals surface area contributed by atoms with Crippen LogP contribution in [-0.2, 0) is 10.3 Å². The Morgan fingerprint density at radius 1 is 1.17 bits per heavy atom. The first-order chi connectivity index (χ1) is 16.8. The van der Waals surface area contributed by atoms with Gasteiger partial charge in [0.25, 0.3) is 0 Å². The molecule has 2 aromatic rings. The minimum Gasteiger partial charge on any atom is -0.404 e. The van der Waals surface area contributed by atoms with E-state index < -0.39 is 34.9 Å². The molecular formula is C24H25F5N4O3. The number of hydrogen-bond acceptors (Lipinski definition) is 5. The Balaban J connectivity index is 1.45. The molecule has 1 spiro atoms. The van der Waals surface area contributed by atoms with Crippen molar-refractivity contribution in [3.63, 3.8) is 0 Å². The Morgan fingerprint density at radius 3 is 2.42 bits per heavy atom. The number of amides is 2. The second kappa shape index (κ2) is 8.27. The van der Waals surface area contributed by atoms with Crippen LogP contribution in [-0.4, -0.2) is 78.8 Å². The maximum Gasteiger partial charge on any atom is 0.573 e. The van der Waals surface area contributed by atoms with Crippen LogP contribution >= 0.6 is 0 Å². The maximum absolute atomic E-state index is 15.2. The molecule has 194 valence electrons. The number of ether oxygens (including phenoxy) is 2. The van der Waals surface area contributed by atoms with E-state index in [0.29, 0.717) is 12.8 Å². The van der Waals surface area contributed by atoms with Crippen molar-refractivity contribution in [3.05, 3.63) is 54.0 Å². The lowest BCUT2D eigenvalue weighted by Crippen LogP contribution is -2.70. The highest BCUT2D eigenvalue weighted by Gasteiger charge is 2.66. The molecule has 5 rings (SSSR count). The SMILES string of the molecule is CN(C)[C@]1(c2cccc(F)c2)C[C@@]2(CN(c3ccc(OC(F)(F)F)cn3)C(=O)N2CC2(F)COC2)C1. The quantitative estimate of drug-likeness (QED) is 0.546. The summed E-state index contributed by atoms with van der Waals surface area (Å²) in [5.74, 6) is -0.766. The highest BCUT2D eigenvalue weighted by molar-refractivity contribution is 5.95. The van der Waals surface area contributed by atoms with Gasteiger partial charge >= 0.3 is 12.4 Å². The second-order valence-electron chi connectivity index (χ2n) is 10.0. The molecule has 7 nitrogen and oxygen atoms in total. The van der Waals surface area contributed by atoms with Crippen molar-refractivity contribution >= 4 is 11.8 Å². The smallest absolute Gasteiger partial charge is 0.404 e. The third kappa shape index (κ3) is 4.15. The fourth-order valence-electron chi connectivity index (χ4n) is 5.53. The van der Waals surface area contributed by atoms with Gasteiger partial charge in [0.15, 0.2) is 5.67 Å². The molecule has 0 unspecified atom stereocenters. The Hall–Kier alpha value is -2.99. The highest BCUT2D eigenvalue weighted by atomic mass is 19.4. The summed E-state index contributed by atoms with van der Waals surface area (Å²) in [4.78, 5) is 22.3. The summed E-state index contributed by atoms with van der Waals surface area (Å²) in [6.45, 7) is -0.293. The van der Waals surface area contributed by atoms with Crippen LogP contribution in [0.25, 0.3) is 0 Å². The molecule has 1 saturated carbocycles. The molecule has 1 aromatic carbocycles. The van der Waals surface area contributed by atoms with Gasteiger partial charge in [-0.2, -0.15) is 0 Å². The van der Waals surface area contributed by atoms with Crippen LogP contribution in [0.5, 0.6) is 5.75 Å². The van der Waals surface area contributed by atoms with E-state index >= 15 is 4.39 Å². The van der Waals surface area contributed by atoms with Gasteiger partial charge in [0.2, 0.25) is 0 Å². The van der Waals surface area contributed by atoms with Crippen LogP contribution in [0.1, 0.15) is 18.4 Å². The van der Waals surface area contributed by atoms with Crippen LogP contribution in [0.15, 0.2) is 42.6 Å². The minimum atomic E-state index is -4.87. The Kier molecular flexibility index (Phi) is 5.67. The molecule has 1 aromatic heterocycles. The number of hydrogen-bond donors (Lipinski definition) is 0. The number of aromatic nitrogens is 1. The summed E-state index contributed by atoms with van der Waals surface area (Å²) >= 11 is 0. The van der Waals surface area contributed by atoms with Gasteiger partial charge in [0.1, 0.15) is 17.4 Å². The number of alkyl halides is 4. The van der Waals surface area contributed by atoms with Gasteiger partial charge < -0.3 is 14.4 Å². The van der Waals surface area contributed by atoms with Crippen LogP contribution in [0.3, 0.4) is 0 Å². The van der Waals surface area contributed by atoms with Gasteiger partial charge in [-0.3, -0.25) is 9.80 Å². The summed E-state index contributed by atoms with van der Waals surface area (Å²) in [7, 11) is 3.74. The molecule has 0 bridgehead atoms. The second-order valence-corrected chi connectivity index (χ2v) is 10.0. The van der Waals surface area contributed by atoms with Gasteiger partial charge in [0.05, 0.1) is 43.6 Å². The van der Waals surface area contributed by atoms with Crippen molar-refractivity contribution in [1.82, 2.24) is 14.8 Å². The average Bonchev–Trinajstić information content (AvgIpc) is 3.03. The fourth-order valence-corrected chi connectivity index (χ4v) is 5.53. The number of nitrogens with zero attached hydrogens (tertiary/aromatic N) is 4. The van der Waals surface area contributed by atoms with Crippen molar-refractivity contribution in [2.45, 2.75) is 36.0 Å². The number of halogens is 5. The predicted octanol–water partition coefficient (Wildman–Crippen LogP) is 4.09. The number of benzene rings is 1. The maximum atomic E-state index is 15.2. The number of anilines is 1. The van der Waals surface area contributed by atoms with E-state index in [4.69, 9.17) is 4.74 Å². The molecule has 2 saturated heterocycles. The molecule has 0 N–H and O–H groups in total. The van der Waals surface area contributed by atoms with E-state index in [0.717, 1.165) is 17.8 Å². The van der Waals surface area contributed by atoms with Crippen molar-refractivity contribution < 1.29 is 36.2 Å². The van der Waals surface area contributed by atoms with Crippen LogP contribution in [0.4, 0.5) is 32.6 Å². The normalized spacial score (nSPS) is 27.4. The monoisotopic (exact) mass is 512 g/mol. The zero-order valence-electron chi connectivity index (χ0n) is 19.7. The van der Waals surface area contributed by atoms with Crippen LogP contribution in [0, 0.1) is 5.82 Å². The summed E-state index contributed by atoms with van der Waals surface area (Å²) in [5, 5.41) is 0. The molecule has 0 atom stereocenters. The molecular weight excluding hydrogens is 487 g/mol. The standard InChI is InChI=1S/C24H25F5N4O3/c1-31(2)23(16-4-3-5-17(25)8-16)10-22(11-23)13-32(20(34)33(22)12-21(26)14-35-15-21)19-7-6-18(9-30-19)36-24(27,28)29/h3-9H,10-15H2,1-2H3/t22-,23+. The van der Waals surface area contributed by atoms with Crippen LogP contribution in [0.2, 0.25) is 0 Å². The summed E-state index contributed by atoms with van der Waals surface area (Å²) in [6, 6.07) is 8.11. The summed E-state index contributed by atoms with van der Waals surface area (Å²) < 4.78 is 75.7. The lowest BCUT2D eigenvalue weighted by Gasteiger charge is -2.61. The zero-order valence-corrected chi connectivity index (χ0v) is 19.7. The van der Waals surface area contributed by atoms with E-state index in [1.807, 2.05) is 25.1 Å². The Bertz CT molecular complexity index is 1150. The summed E-state index contributed by atoms with van der Waals surface area (Å²) in [5.41, 5.74) is -2.32. The van der Waals surface area contributed by atoms with Gasteiger partial charge in [-0.15, -0.1) is 13.2 Å². The van der Waals surface area contributed by atoms with Crippen molar-refractivity contribution in [1.29, 1.82) is 0 Å². The van der Waals surface area contributed by atoms with Crippen LogP contribution < -0.4 is 9.64 Å². The first-order valence-electron chi connectivity index (χ1n) is 11.4. The molecule has 36 heavy (non-hydrogen) atoms. The molecule has 12 heteroatoms. The highest BCUT2D eigenvalue weighted by Crippen LogP contribution is 2.57. The van der Waals surface area contributed by atoms with Gasteiger partial charge in [-0.1, -0.05) is 12.1 Å². The molecule has 2 aliphatic heterocycles. The Morgan fingerprint density at radius 2 is 1.89 bits per heavy atom. The number of rotatable bonds is 6. The lowest BCUT2D eigenvalue weighted by atomic mass is 9.58. The van der Waals surface area contributed by atoms with Crippen molar-refractivity contribution in [3.8, 4) is 5.75 Å². The van der Waals surface area contributed by atoms with Gasteiger partial charge in [0, 0.05) is 0 Å². The van der Waals surface area contributed by atoms with Crippen molar-refractivity contribution in [2.24, 2.45) is 0 Å². The first kappa shape index (κ1) is 24.7. The molecule has 3 aliphatic rings. The van der Waals surface area contributed by atoms with E-state index in [1.54, 1.807) is 6.07 Å². The third-order valence-corrected chi connectivity index (χ3v) is 7.34.